The third kappa shape index (κ3) is 3.35. The lowest BCUT2D eigenvalue weighted by Gasteiger charge is -2.52. The van der Waals surface area contributed by atoms with Crippen molar-refractivity contribution in [2.45, 2.75) is 69.6 Å². The second-order valence-corrected chi connectivity index (χ2v) is 6.84. The number of likely N-dealkylation sites (tertiary alicyclic amines) is 1. The fourth-order valence-corrected chi connectivity index (χ4v) is 3.89. The largest absolute Gasteiger partial charge is 0.378 e. The topological polar surface area (TPSA) is 47.7 Å². The highest BCUT2D eigenvalue weighted by molar-refractivity contribution is 5.00. The van der Waals surface area contributed by atoms with Crippen LogP contribution in [-0.4, -0.2) is 55.5 Å². The van der Waals surface area contributed by atoms with Crippen LogP contribution in [-0.2, 0) is 9.47 Å². The van der Waals surface area contributed by atoms with E-state index in [0.717, 1.165) is 51.9 Å². The van der Waals surface area contributed by atoms with Crippen molar-refractivity contribution in [3.63, 3.8) is 0 Å². The Morgan fingerprint density at radius 1 is 1.40 bits per heavy atom. The smallest absolute Gasteiger partial charge is 0.0777 e. The van der Waals surface area contributed by atoms with Gasteiger partial charge in [0, 0.05) is 32.3 Å². The summed E-state index contributed by atoms with van der Waals surface area (Å²) in [4.78, 5) is 2.60. The van der Waals surface area contributed by atoms with Crippen molar-refractivity contribution in [3.05, 3.63) is 0 Å². The van der Waals surface area contributed by atoms with Gasteiger partial charge in [-0.1, -0.05) is 13.3 Å². The molecule has 0 radical (unpaired) electrons. The number of piperidine rings is 1. The van der Waals surface area contributed by atoms with Crippen LogP contribution >= 0.6 is 0 Å². The molecule has 0 bridgehead atoms. The van der Waals surface area contributed by atoms with E-state index in [1.54, 1.807) is 0 Å². The molecule has 2 heterocycles. The summed E-state index contributed by atoms with van der Waals surface area (Å²) in [6.07, 6.45) is 7.20. The number of rotatable bonds is 5. The Balaban J connectivity index is 2.09. The lowest BCUT2D eigenvalue weighted by molar-refractivity contribution is -0.120. The third-order valence-corrected chi connectivity index (χ3v) is 5.34. The van der Waals surface area contributed by atoms with Gasteiger partial charge in [-0.25, -0.2) is 0 Å². The predicted octanol–water partition coefficient (Wildman–Crippen LogP) is 2.16. The molecule has 2 rings (SSSR count). The van der Waals surface area contributed by atoms with Crippen LogP contribution in [0.1, 0.15) is 52.4 Å². The van der Waals surface area contributed by atoms with Crippen LogP contribution in [0.15, 0.2) is 0 Å². The van der Waals surface area contributed by atoms with Crippen molar-refractivity contribution in [3.8, 4) is 0 Å². The van der Waals surface area contributed by atoms with E-state index < -0.39 is 0 Å². The molecule has 118 valence electrons. The number of nitrogens with two attached hydrogens (primary N) is 1. The molecule has 2 fully saturated rings. The highest BCUT2D eigenvalue weighted by Crippen LogP contribution is 2.36. The van der Waals surface area contributed by atoms with E-state index in [9.17, 15) is 0 Å². The second kappa shape index (κ2) is 6.73. The van der Waals surface area contributed by atoms with Crippen LogP contribution in [0.5, 0.6) is 0 Å². The summed E-state index contributed by atoms with van der Waals surface area (Å²) in [5.74, 6) is 0. The Morgan fingerprint density at radius 3 is 2.85 bits per heavy atom. The van der Waals surface area contributed by atoms with Crippen LogP contribution in [0.25, 0.3) is 0 Å². The molecule has 0 aliphatic carbocycles. The fraction of sp³-hybridized carbons (Fsp3) is 1.00. The maximum atomic E-state index is 6.22. The molecule has 20 heavy (non-hydrogen) atoms. The summed E-state index contributed by atoms with van der Waals surface area (Å²) in [6.45, 7) is 8.18. The number of methoxy groups -OCH3 is 1. The van der Waals surface area contributed by atoms with Crippen molar-refractivity contribution in [2.75, 3.05) is 33.4 Å². The van der Waals surface area contributed by atoms with Crippen molar-refractivity contribution in [2.24, 2.45) is 5.73 Å². The van der Waals surface area contributed by atoms with Crippen molar-refractivity contribution >= 4 is 0 Å². The van der Waals surface area contributed by atoms with Crippen LogP contribution < -0.4 is 5.73 Å². The van der Waals surface area contributed by atoms with Gasteiger partial charge in [0.05, 0.1) is 11.7 Å². The molecule has 3 unspecified atom stereocenters. The van der Waals surface area contributed by atoms with Gasteiger partial charge in [0.2, 0.25) is 0 Å². The minimum atomic E-state index is -0.0149. The van der Waals surface area contributed by atoms with Crippen LogP contribution in [0.2, 0.25) is 0 Å². The number of nitrogens with zero attached hydrogens (tertiary/aromatic N) is 1. The Bertz CT molecular complexity index is 311. The van der Waals surface area contributed by atoms with Crippen LogP contribution in [0, 0.1) is 0 Å². The molecule has 2 aliphatic heterocycles. The standard InChI is InChI=1S/C16H32N2O2/c1-4-6-14-11-16(12-17,8-10-20-14)18-9-5-7-15(2,13-18)19-3/h14H,4-13,17H2,1-3H3. The average molecular weight is 284 g/mol. The SMILES string of the molecule is CCCC1CC(CN)(N2CCCC(C)(OC)C2)CCO1. The highest BCUT2D eigenvalue weighted by Gasteiger charge is 2.44. The normalized spacial score (nSPS) is 39.9. The molecule has 0 amide bonds. The van der Waals surface area contributed by atoms with E-state index in [0.29, 0.717) is 6.10 Å². The van der Waals surface area contributed by atoms with Gasteiger partial charge in [-0.15, -0.1) is 0 Å². The van der Waals surface area contributed by atoms with Gasteiger partial charge in [-0.3, -0.25) is 4.90 Å². The van der Waals surface area contributed by atoms with Crippen molar-refractivity contribution < 1.29 is 9.47 Å². The zero-order valence-corrected chi connectivity index (χ0v) is 13.5. The van der Waals surface area contributed by atoms with Gasteiger partial charge in [-0.05, 0) is 45.6 Å². The molecule has 2 aliphatic rings. The lowest BCUT2D eigenvalue weighted by atomic mass is 9.80. The fourth-order valence-electron chi connectivity index (χ4n) is 3.89. The minimum absolute atomic E-state index is 0.0149. The molecule has 2 N–H and O–H groups in total. The maximum absolute atomic E-state index is 6.22. The first-order valence-electron chi connectivity index (χ1n) is 8.19. The summed E-state index contributed by atoms with van der Waals surface area (Å²) < 4.78 is 11.7. The molecule has 0 saturated carbocycles. The molecule has 0 aromatic carbocycles. The number of hydrogen-bond donors (Lipinski definition) is 1. The molecular formula is C16H32N2O2. The molecule has 4 nitrogen and oxygen atoms in total. The Kier molecular flexibility index (Phi) is 5.46. The van der Waals surface area contributed by atoms with Crippen LogP contribution in [0.4, 0.5) is 0 Å². The molecule has 0 spiro atoms. The van der Waals surface area contributed by atoms with Gasteiger partial charge in [-0.2, -0.15) is 0 Å². The summed E-state index contributed by atoms with van der Waals surface area (Å²) >= 11 is 0. The third-order valence-electron chi connectivity index (χ3n) is 5.34. The first-order chi connectivity index (χ1) is 9.57. The molecule has 0 aromatic heterocycles. The second-order valence-electron chi connectivity index (χ2n) is 6.84. The molecule has 3 atom stereocenters. The van der Waals surface area contributed by atoms with Gasteiger partial charge in [0.15, 0.2) is 0 Å². The zero-order chi connectivity index (χ0) is 14.6. The Hall–Kier alpha value is -0.160. The summed E-state index contributed by atoms with van der Waals surface area (Å²) in [7, 11) is 1.84. The number of ether oxygens (including phenoxy) is 2. The predicted molar refractivity (Wildman–Crippen MR) is 81.9 cm³/mol. The van der Waals surface area contributed by atoms with E-state index in [2.05, 4.69) is 18.7 Å². The first-order valence-corrected chi connectivity index (χ1v) is 8.19. The van der Waals surface area contributed by atoms with E-state index in [-0.39, 0.29) is 11.1 Å². The van der Waals surface area contributed by atoms with Gasteiger partial charge >= 0.3 is 0 Å². The maximum Gasteiger partial charge on any atom is 0.0777 e. The zero-order valence-electron chi connectivity index (χ0n) is 13.5. The minimum Gasteiger partial charge on any atom is -0.378 e. The Labute approximate surface area is 124 Å². The highest BCUT2D eigenvalue weighted by atomic mass is 16.5. The average Bonchev–Trinajstić information content (AvgIpc) is 2.48. The first kappa shape index (κ1) is 16.2. The monoisotopic (exact) mass is 284 g/mol. The van der Waals surface area contributed by atoms with Gasteiger partial charge in [0.25, 0.3) is 0 Å². The summed E-state index contributed by atoms with van der Waals surface area (Å²) in [5, 5.41) is 0. The van der Waals surface area contributed by atoms with Crippen LogP contribution in [0.3, 0.4) is 0 Å². The van der Waals surface area contributed by atoms with E-state index in [4.69, 9.17) is 15.2 Å². The summed E-state index contributed by atoms with van der Waals surface area (Å²) in [6, 6.07) is 0. The van der Waals surface area contributed by atoms with E-state index >= 15 is 0 Å². The molecular weight excluding hydrogens is 252 g/mol. The van der Waals surface area contributed by atoms with E-state index in [1.165, 1.54) is 12.8 Å². The van der Waals surface area contributed by atoms with Crippen molar-refractivity contribution in [1.29, 1.82) is 0 Å². The molecule has 4 heteroatoms. The van der Waals surface area contributed by atoms with Crippen molar-refractivity contribution in [1.82, 2.24) is 4.90 Å². The molecule has 0 aromatic rings. The molecule has 2 saturated heterocycles. The number of hydrogen-bond acceptors (Lipinski definition) is 4. The lowest BCUT2D eigenvalue weighted by Crippen LogP contribution is -2.63. The Morgan fingerprint density at radius 2 is 2.20 bits per heavy atom. The summed E-state index contributed by atoms with van der Waals surface area (Å²) in [5.41, 5.74) is 6.33. The van der Waals surface area contributed by atoms with Gasteiger partial charge < -0.3 is 15.2 Å². The van der Waals surface area contributed by atoms with Gasteiger partial charge in [0.1, 0.15) is 0 Å². The van der Waals surface area contributed by atoms with E-state index in [1.807, 2.05) is 7.11 Å². The quantitative estimate of drug-likeness (QED) is 0.840.